The first-order chi connectivity index (χ1) is 11.1. The monoisotopic (exact) mass is 337 g/mol. The van der Waals surface area contributed by atoms with E-state index in [0.717, 1.165) is 32.1 Å². The number of hydrogen-bond acceptors (Lipinski definition) is 4. The fourth-order valence-electron chi connectivity index (χ4n) is 2.60. The molecule has 0 aromatic carbocycles. The number of amides is 1. The van der Waals surface area contributed by atoms with Crippen molar-refractivity contribution in [1.82, 2.24) is 15.5 Å². The van der Waals surface area contributed by atoms with Crippen LogP contribution in [0.5, 0.6) is 0 Å². The fourth-order valence-corrected chi connectivity index (χ4v) is 3.39. The summed E-state index contributed by atoms with van der Waals surface area (Å²) < 4.78 is 0. The van der Waals surface area contributed by atoms with Gasteiger partial charge in [-0.3, -0.25) is 9.79 Å². The van der Waals surface area contributed by atoms with Gasteiger partial charge in [-0.25, -0.2) is 0 Å². The second kappa shape index (κ2) is 8.76. The maximum absolute atomic E-state index is 11.7. The lowest BCUT2D eigenvalue weighted by Crippen LogP contribution is -2.52. The Hall–Kier alpha value is -1.76. The van der Waals surface area contributed by atoms with Crippen LogP contribution >= 0.6 is 11.3 Å². The van der Waals surface area contributed by atoms with E-state index < -0.39 is 0 Å². The summed E-state index contributed by atoms with van der Waals surface area (Å²) in [5, 5.41) is 9.64. The molecule has 128 valence electrons. The third-order valence-corrected chi connectivity index (χ3v) is 4.62. The molecule has 2 heterocycles. The quantitative estimate of drug-likeness (QED) is 0.629. The first-order valence-corrected chi connectivity index (χ1v) is 9.01. The summed E-state index contributed by atoms with van der Waals surface area (Å²) in [4.78, 5) is 20.7. The van der Waals surface area contributed by atoms with Crippen LogP contribution in [-0.2, 0) is 4.79 Å². The van der Waals surface area contributed by atoms with Gasteiger partial charge in [0.15, 0.2) is 5.96 Å². The van der Waals surface area contributed by atoms with Crippen LogP contribution in [0, 0.1) is 0 Å². The summed E-state index contributed by atoms with van der Waals surface area (Å²) in [5.74, 6) is 0.957. The Balaban J connectivity index is 1.74. The van der Waals surface area contributed by atoms with Crippen LogP contribution in [0.1, 0.15) is 20.3 Å². The van der Waals surface area contributed by atoms with E-state index >= 15 is 0 Å². The molecule has 1 fully saturated rings. The summed E-state index contributed by atoms with van der Waals surface area (Å²) >= 11 is 1.78. The number of aliphatic imine (C=N–C) groups is 1. The molecule has 1 aromatic rings. The highest BCUT2D eigenvalue weighted by Gasteiger charge is 2.20. The molecule has 0 aliphatic carbocycles. The van der Waals surface area contributed by atoms with Gasteiger partial charge in [0.2, 0.25) is 5.91 Å². The van der Waals surface area contributed by atoms with Crippen molar-refractivity contribution >= 4 is 28.2 Å². The normalized spacial score (nSPS) is 15.9. The third kappa shape index (κ3) is 5.42. The number of nitrogens with one attached hydrogen (secondary N) is 2. The number of rotatable bonds is 5. The van der Waals surface area contributed by atoms with Crippen molar-refractivity contribution in [2.45, 2.75) is 26.3 Å². The second-order valence-electron chi connectivity index (χ2n) is 5.87. The smallest absolute Gasteiger partial charge is 0.221 e. The number of nitrogens with zero attached hydrogens (tertiary/aromatic N) is 3. The molecule has 0 radical (unpaired) electrons. The van der Waals surface area contributed by atoms with Gasteiger partial charge < -0.3 is 20.4 Å². The summed E-state index contributed by atoms with van der Waals surface area (Å²) in [6.45, 7) is 8.42. The number of guanidine groups is 1. The van der Waals surface area contributed by atoms with Crippen molar-refractivity contribution in [1.29, 1.82) is 0 Å². The largest absolute Gasteiger partial charge is 0.360 e. The Bertz CT molecular complexity index is 507. The minimum atomic E-state index is 0.0745. The zero-order chi connectivity index (χ0) is 16.7. The maximum Gasteiger partial charge on any atom is 0.221 e. The predicted molar refractivity (Wildman–Crippen MR) is 97.4 cm³/mol. The minimum Gasteiger partial charge on any atom is -0.360 e. The van der Waals surface area contributed by atoms with Crippen LogP contribution < -0.4 is 15.5 Å². The molecule has 1 aliphatic heterocycles. The van der Waals surface area contributed by atoms with Crippen LogP contribution in [0.25, 0.3) is 0 Å². The van der Waals surface area contributed by atoms with Crippen LogP contribution in [0.2, 0.25) is 0 Å². The lowest BCUT2D eigenvalue weighted by Gasteiger charge is -2.37. The number of carbonyl (C=O) groups is 1. The Morgan fingerprint density at radius 1 is 1.35 bits per heavy atom. The molecule has 23 heavy (non-hydrogen) atoms. The van der Waals surface area contributed by atoms with Crippen LogP contribution in [0.4, 0.5) is 5.00 Å². The molecule has 1 aliphatic rings. The zero-order valence-electron chi connectivity index (χ0n) is 14.2. The summed E-state index contributed by atoms with van der Waals surface area (Å²) in [6, 6.07) is 4.45. The van der Waals surface area contributed by atoms with Crippen molar-refractivity contribution < 1.29 is 4.79 Å². The van der Waals surface area contributed by atoms with Gasteiger partial charge in [-0.1, -0.05) is 0 Å². The average molecular weight is 337 g/mol. The SMILES string of the molecule is CN=C(NCCC(=O)NC(C)C)N1CCN(c2cccs2)CC1. The maximum atomic E-state index is 11.7. The van der Waals surface area contributed by atoms with E-state index in [2.05, 4.69) is 42.9 Å². The molecule has 6 nitrogen and oxygen atoms in total. The Morgan fingerprint density at radius 2 is 2.09 bits per heavy atom. The molecule has 2 rings (SSSR count). The van der Waals surface area contributed by atoms with E-state index in [9.17, 15) is 4.79 Å². The molecule has 0 unspecified atom stereocenters. The van der Waals surface area contributed by atoms with Crippen molar-refractivity contribution in [3.05, 3.63) is 17.5 Å². The average Bonchev–Trinajstić information content (AvgIpc) is 3.05. The summed E-state index contributed by atoms with van der Waals surface area (Å²) in [5.41, 5.74) is 0. The van der Waals surface area contributed by atoms with Crippen molar-refractivity contribution in [3.63, 3.8) is 0 Å². The van der Waals surface area contributed by atoms with E-state index in [1.54, 1.807) is 18.4 Å². The van der Waals surface area contributed by atoms with E-state index in [4.69, 9.17) is 0 Å². The fraction of sp³-hybridized carbons (Fsp3) is 0.625. The number of carbonyl (C=O) groups excluding carboxylic acids is 1. The van der Waals surface area contributed by atoms with Crippen molar-refractivity contribution in [2.75, 3.05) is 44.7 Å². The van der Waals surface area contributed by atoms with Gasteiger partial charge in [-0.05, 0) is 31.4 Å². The molecule has 0 saturated carbocycles. The van der Waals surface area contributed by atoms with Gasteiger partial charge in [0.1, 0.15) is 0 Å². The molecule has 1 amide bonds. The number of hydrogen-bond donors (Lipinski definition) is 2. The molecule has 0 bridgehead atoms. The second-order valence-corrected chi connectivity index (χ2v) is 6.80. The van der Waals surface area contributed by atoms with Crippen molar-refractivity contribution in [2.24, 2.45) is 4.99 Å². The minimum absolute atomic E-state index is 0.0745. The Labute approximate surface area is 142 Å². The molecular formula is C16H27N5OS. The van der Waals surface area contributed by atoms with Crippen molar-refractivity contribution in [3.8, 4) is 0 Å². The van der Waals surface area contributed by atoms with Gasteiger partial charge in [-0.2, -0.15) is 0 Å². The van der Waals surface area contributed by atoms with Gasteiger partial charge in [0.25, 0.3) is 0 Å². The van der Waals surface area contributed by atoms with Crippen LogP contribution in [-0.4, -0.2) is 62.6 Å². The highest BCUT2D eigenvalue weighted by atomic mass is 32.1. The van der Waals surface area contributed by atoms with E-state index in [0.29, 0.717) is 13.0 Å². The summed E-state index contributed by atoms with van der Waals surface area (Å²) in [6.07, 6.45) is 0.465. The lowest BCUT2D eigenvalue weighted by molar-refractivity contribution is -0.121. The molecule has 0 spiro atoms. The lowest BCUT2D eigenvalue weighted by atomic mass is 10.3. The molecule has 1 aromatic heterocycles. The zero-order valence-corrected chi connectivity index (χ0v) is 15.0. The van der Waals surface area contributed by atoms with E-state index in [1.165, 1.54) is 5.00 Å². The molecule has 1 saturated heterocycles. The number of anilines is 1. The molecule has 0 atom stereocenters. The number of thiophene rings is 1. The van der Waals surface area contributed by atoms with Crippen LogP contribution in [0.15, 0.2) is 22.5 Å². The molecule has 7 heteroatoms. The first-order valence-electron chi connectivity index (χ1n) is 8.13. The topological polar surface area (TPSA) is 60.0 Å². The number of piperazine rings is 1. The van der Waals surface area contributed by atoms with Crippen LogP contribution in [0.3, 0.4) is 0 Å². The third-order valence-electron chi connectivity index (χ3n) is 3.69. The molecule has 2 N–H and O–H groups in total. The highest BCUT2D eigenvalue weighted by Crippen LogP contribution is 2.22. The van der Waals surface area contributed by atoms with E-state index in [1.807, 2.05) is 13.8 Å². The summed E-state index contributed by atoms with van der Waals surface area (Å²) in [7, 11) is 1.79. The first kappa shape index (κ1) is 17.6. The molecular weight excluding hydrogens is 310 g/mol. The van der Waals surface area contributed by atoms with E-state index in [-0.39, 0.29) is 11.9 Å². The standard InChI is InChI=1S/C16H27N5OS/c1-13(2)19-14(22)6-7-18-16(17-3)21-10-8-20(9-11-21)15-5-4-12-23-15/h4-5,12-13H,6-11H2,1-3H3,(H,17,18)(H,19,22). The van der Waals surface area contributed by atoms with Gasteiger partial charge in [-0.15, -0.1) is 11.3 Å². The van der Waals surface area contributed by atoms with Gasteiger partial charge in [0.05, 0.1) is 5.00 Å². The Morgan fingerprint density at radius 3 is 2.65 bits per heavy atom. The Kier molecular flexibility index (Phi) is 6.70. The van der Waals surface area contributed by atoms with Gasteiger partial charge in [0, 0.05) is 52.2 Å². The highest BCUT2D eigenvalue weighted by molar-refractivity contribution is 7.14. The predicted octanol–water partition coefficient (Wildman–Crippen LogP) is 1.36. The van der Waals surface area contributed by atoms with Gasteiger partial charge >= 0.3 is 0 Å².